The van der Waals surface area contributed by atoms with Crippen molar-refractivity contribution in [3.8, 4) is 0 Å². The number of hydrogen-bond acceptors (Lipinski definition) is 5. The van der Waals surface area contributed by atoms with Crippen LogP contribution in [0.3, 0.4) is 0 Å². The van der Waals surface area contributed by atoms with Crippen LogP contribution < -0.4 is 5.32 Å². The van der Waals surface area contributed by atoms with Crippen molar-refractivity contribution in [2.45, 2.75) is 48.1 Å². The van der Waals surface area contributed by atoms with Crippen LogP contribution in [0.25, 0.3) is 0 Å². The van der Waals surface area contributed by atoms with Crippen molar-refractivity contribution < 1.29 is 9.72 Å². The molecule has 4 rings (SSSR count). The number of nitro groups is 1. The van der Waals surface area contributed by atoms with Crippen LogP contribution in [0, 0.1) is 17.0 Å². The van der Waals surface area contributed by atoms with Gasteiger partial charge in [-0.15, -0.1) is 12.4 Å². The molecule has 0 aromatic heterocycles. The molecule has 29 heavy (non-hydrogen) atoms. The van der Waals surface area contributed by atoms with Crippen LogP contribution in [0.2, 0.25) is 0 Å². The molecule has 2 aliphatic heterocycles. The fraction of sp³-hybridized carbons (Fsp3) is 0.381. The number of carbonyl (C=O) groups is 1. The van der Waals surface area contributed by atoms with E-state index in [-0.39, 0.29) is 24.0 Å². The highest BCUT2D eigenvalue weighted by Gasteiger charge is 2.32. The van der Waals surface area contributed by atoms with E-state index >= 15 is 0 Å². The van der Waals surface area contributed by atoms with Gasteiger partial charge in [-0.2, -0.15) is 0 Å². The molecule has 0 spiro atoms. The maximum absolute atomic E-state index is 13.0. The summed E-state index contributed by atoms with van der Waals surface area (Å²) in [6, 6.07) is 13.5. The Morgan fingerprint density at radius 2 is 1.86 bits per heavy atom. The first kappa shape index (κ1) is 21.6. The van der Waals surface area contributed by atoms with E-state index in [4.69, 9.17) is 0 Å². The van der Waals surface area contributed by atoms with Crippen LogP contribution in [0.5, 0.6) is 0 Å². The molecule has 0 radical (unpaired) electrons. The number of carbonyl (C=O) groups excluding carboxylic acids is 1. The molecule has 2 aliphatic rings. The highest BCUT2D eigenvalue weighted by atomic mass is 35.5. The van der Waals surface area contributed by atoms with Gasteiger partial charge >= 0.3 is 0 Å². The van der Waals surface area contributed by atoms with Crippen molar-refractivity contribution in [2.75, 3.05) is 13.1 Å². The highest BCUT2D eigenvalue weighted by molar-refractivity contribution is 7.99. The van der Waals surface area contributed by atoms with Crippen LogP contribution in [-0.4, -0.2) is 40.9 Å². The van der Waals surface area contributed by atoms with Gasteiger partial charge in [0, 0.05) is 41.7 Å². The fourth-order valence-corrected chi connectivity index (χ4v) is 4.82. The fourth-order valence-electron chi connectivity index (χ4n) is 3.92. The molecule has 2 unspecified atom stereocenters. The van der Waals surface area contributed by atoms with Gasteiger partial charge in [-0.05, 0) is 50.5 Å². The maximum atomic E-state index is 13.0. The predicted molar refractivity (Wildman–Crippen MR) is 116 cm³/mol. The second-order valence-electron chi connectivity index (χ2n) is 7.53. The molecule has 1 amide bonds. The molecule has 2 fully saturated rings. The Bertz CT molecular complexity index is 907. The van der Waals surface area contributed by atoms with E-state index in [0.29, 0.717) is 35.6 Å². The van der Waals surface area contributed by atoms with Gasteiger partial charge in [-0.1, -0.05) is 29.5 Å². The molecule has 0 aliphatic carbocycles. The van der Waals surface area contributed by atoms with Gasteiger partial charge in [-0.25, -0.2) is 0 Å². The third kappa shape index (κ3) is 4.91. The molecule has 2 aromatic carbocycles. The second kappa shape index (κ2) is 9.15. The average Bonchev–Trinajstić information content (AvgIpc) is 3.02. The molecule has 0 saturated carbocycles. The van der Waals surface area contributed by atoms with Crippen molar-refractivity contribution in [1.29, 1.82) is 0 Å². The number of nitrogens with one attached hydrogen (secondary N) is 1. The minimum Gasteiger partial charge on any atom is -0.337 e. The van der Waals surface area contributed by atoms with Gasteiger partial charge in [0.25, 0.3) is 11.6 Å². The first-order valence-electron chi connectivity index (χ1n) is 9.58. The van der Waals surface area contributed by atoms with E-state index in [1.807, 2.05) is 36.1 Å². The summed E-state index contributed by atoms with van der Waals surface area (Å²) in [5.41, 5.74) is 1.50. The van der Waals surface area contributed by atoms with E-state index in [1.165, 1.54) is 24.2 Å². The zero-order valence-electron chi connectivity index (χ0n) is 16.2. The first-order chi connectivity index (χ1) is 13.5. The molecule has 6 nitrogen and oxygen atoms in total. The number of nitrogens with zero attached hydrogens (tertiary/aromatic N) is 2. The van der Waals surface area contributed by atoms with Gasteiger partial charge in [0.1, 0.15) is 0 Å². The van der Waals surface area contributed by atoms with E-state index in [9.17, 15) is 14.9 Å². The van der Waals surface area contributed by atoms with Crippen molar-refractivity contribution in [3.63, 3.8) is 0 Å². The molecule has 154 valence electrons. The first-order valence-corrected chi connectivity index (χ1v) is 10.4. The van der Waals surface area contributed by atoms with Crippen LogP contribution in [-0.2, 0) is 0 Å². The van der Waals surface area contributed by atoms with E-state index in [0.717, 1.165) is 23.3 Å². The Balaban J connectivity index is 0.00000240. The number of rotatable bonds is 4. The average molecular weight is 434 g/mol. The number of halogens is 1. The Kier molecular flexibility index (Phi) is 6.82. The van der Waals surface area contributed by atoms with Crippen LogP contribution >= 0.6 is 24.2 Å². The smallest absolute Gasteiger partial charge is 0.284 e. The summed E-state index contributed by atoms with van der Waals surface area (Å²) in [7, 11) is 0. The zero-order valence-corrected chi connectivity index (χ0v) is 17.8. The standard InChI is InChI=1S/C21H23N3O3S.ClH/c1-14-2-7-18(8-3-14)28-20-9-4-15(12-19(20)24(26)27)21(25)23-11-10-16-5-6-17(13-23)22-16;/h2-4,7-9,12,16-17,22H,5-6,10-11,13H2,1H3;1H. The lowest BCUT2D eigenvalue weighted by Crippen LogP contribution is -2.39. The summed E-state index contributed by atoms with van der Waals surface area (Å²) in [5, 5.41) is 15.2. The van der Waals surface area contributed by atoms with Gasteiger partial charge in [0.15, 0.2) is 0 Å². The number of fused-ring (bicyclic) bond motifs is 2. The third-order valence-corrected chi connectivity index (χ3v) is 6.53. The van der Waals surface area contributed by atoms with Crippen LogP contribution in [0.4, 0.5) is 5.69 Å². The number of likely N-dealkylation sites (tertiary alicyclic amines) is 1. The number of hydrogen-bond donors (Lipinski definition) is 1. The summed E-state index contributed by atoms with van der Waals surface area (Å²) >= 11 is 1.34. The van der Waals surface area contributed by atoms with Crippen LogP contribution in [0.1, 0.15) is 35.2 Å². The Morgan fingerprint density at radius 3 is 2.59 bits per heavy atom. The molecule has 2 atom stereocenters. The summed E-state index contributed by atoms with van der Waals surface area (Å²) < 4.78 is 0. The SMILES string of the molecule is Cc1ccc(Sc2ccc(C(=O)N3CCC4CCC(C3)N4)cc2[N+](=O)[O-])cc1.Cl. The lowest BCUT2D eigenvalue weighted by atomic mass is 10.1. The lowest BCUT2D eigenvalue weighted by Gasteiger charge is -2.24. The maximum Gasteiger partial charge on any atom is 0.284 e. The predicted octanol–water partition coefficient (Wildman–Crippen LogP) is 4.44. The summed E-state index contributed by atoms with van der Waals surface area (Å²) in [6.07, 6.45) is 3.19. The molecular weight excluding hydrogens is 410 g/mol. The lowest BCUT2D eigenvalue weighted by molar-refractivity contribution is -0.387. The van der Waals surface area contributed by atoms with Crippen molar-refractivity contribution in [2.24, 2.45) is 0 Å². The minimum absolute atomic E-state index is 0. The van der Waals surface area contributed by atoms with Gasteiger partial charge in [0.2, 0.25) is 0 Å². The van der Waals surface area contributed by atoms with Crippen LogP contribution in [0.15, 0.2) is 52.3 Å². The van der Waals surface area contributed by atoms with Crippen molar-refractivity contribution in [3.05, 3.63) is 63.7 Å². The number of amides is 1. The topological polar surface area (TPSA) is 75.5 Å². The highest BCUT2D eigenvalue weighted by Crippen LogP contribution is 2.36. The normalized spacial score (nSPS) is 20.7. The Hall–Kier alpha value is -2.09. The summed E-state index contributed by atoms with van der Waals surface area (Å²) in [5.74, 6) is -0.121. The zero-order chi connectivity index (χ0) is 19.7. The van der Waals surface area contributed by atoms with Crippen molar-refractivity contribution >= 4 is 35.8 Å². The van der Waals surface area contributed by atoms with Crippen molar-refractivity contribution in [1.82, 2.24) is 10.2 Å². The Labute approximate surface area is 180 Å². The molecule has 2 heterocycles. The molecular formula is C21H24ClN3O3S. The largest absolute Gasteiger partial charge is 0.337 e. The van der Waals surface area contributed by atoms with Gasteiger partial charge in [-0.3, -0.25) is 14.9 Å². The number of aryl methyl sites for hydroxylation is 1. The van der Waals surface area contributed by atoms with E-state index in [1.54, 1.807) is 12.1 Å². The molecule has 2 bridgehead atoms. The van der Waals surface area contributed by atoms with E-state index < -0.39 is 4.92 Å². The van der Waals surface area contributed by atoms with Gasteiger partial charge < -0.3 is 10.2 Å². The number of benzene rings is 2. The third-order valence-electron chi connectivity index (χ3n) is 5.46. The second-order valence-corrected chi connectivity index (χ2v) is 8.65. The molecule has 8 heteroatoms. The number of nitro benzene ring substituents is 1. The minimum atomic E-state index is -0.404. The quantitative estimate of drug-likeness (QED) is 0.569. The monoisotopic (exact) mass is 433 g/mol. The Morgan fingerprint density at radius 1 is 1.14 bits per heavy atom. The summed E-state index contributed by atoms with van der Waals surface area (Å²) in [6.45, 7) is 3.37. The van der Waals surface area contributed by atoms with E-state index in [2.05, 4.69) is 5.32 Å². The molecule has 2 saturated heterocycles. The molecule has 2 aromatic rings. The van der Waals surface area contributed by atoms with Gasteiger partial charge in [0.05, 0.1) is 9.82 Å². The molecule has 1 N–H and O–H groups in total. The summed E-state index contributed by atoms with van der Waals surface area (Å²) in [4.78, 5) is 27.5.